The molecule has 1 unspecified atom stereocenters. The van der Waals surface area contributed by atoms with Crippen molar-refractivity contribution in [1.29, 1.82) is 0 Å². The molecule has 0 saturated heterocycles. The second kappa shape index (κ2) is 3.69. The van der Waals surface area contributed by atoms with E-state index in [1.165, 1.54) is 5.56 Å². The van der Waals surface area contributed by atoms with E-state index in [-0.39, 0.29) is 5.82 Å². The average Bonchev–Trinajstić information content (AvgIpc) is 2.23. The molecule has 1 aromatic rings. The predicted octanol–water partition coefficient (Wildman–Crippen LogP) is 3.41. The normalized spacial score (nSPS) is 19.9. The van der Waals surface area contributed by atoms with Crippen LogP contribution in [0, 0.1) is 5.82 Å². The first kappa shape index (κ1) is 10.2. The van der Waals surface area contributed by atoms with Crippen molar-refractivity contribution in [3.05, 3.63) is 35.7 Å². The Labute approximate surface area is 90.2 Å². The maximum absolute atomic E-state index is 13.6. The van der Waals surface area contributed by atoms with E-state index in [1.807, 2.05) is 13.1 Å². The van der Waals surface area contributed by atoms with Gasteiger partial charge in [0, 0.05) is 19.2 Å². The Morgan fingerprint density at radius 2 is 2.27 bits per heavy atom. The SMILES string of the molecule is C=Cc1c(F)ccc2c1N(C)CCC2C. The number of benzene rings is 1. The molecular formula is C13H16FN. The van der Waals surface area contributed by atoms with E-state index in [9.17, 15) is 4.39 Å². The molecule has 1 aliphatic rings. The van der Waals surface area contributed by atoms with E-state index >= 15 is 0 Å². The highest BCUT2D eigenvalue weighted by atomic mass is 19.1. The quantitative estimate of drug-likeness (QED) is 0.679. The molecule has 2 rings (SSSR count). The molecule has 0 bridgehead atoms. The predicted molar refractivity (Wildman–Crippen MR) is 62.8 cm³/mol. The highest BCUT2D eigenvalue weighted by Crippen LogP contribution is 2.38. The van der Waals surface area contributed by atoms with Crippen molar-refractivity contribution in [3.8, 4) is 0 Å². The minimum Gasteiger partial charge on any atom is -0.374 e. The molecule has 80 valence electrons. The highest BCUT2D eigenvalue weighted by Gasteiger charge is 2.23. The molecular weight excluding hydrogens is 189 g/mol. The number of hydrogen-bond acceptors (Lipinski definition) is 1. The van der Waals surface area contributed by atoms with Gasteiger partial charge < -0.3 is 4.90 Å². The van der Waals surface area contributed by atoms with Crippen LogP contribution >= 0.6 is 0 Å². The van der Waals surface area contributed by atoms with Crippen molar-refractivity contribution in [2.75, 3.05) is 18.5 Å². The molecule has 0 saturated carbocycles. The van der Waals surface area contributed by atoms with Crippen LogP contribution < -0.4 is 4.90 Å². The molecule has 0 aliphatic carbocycles. The Hall–Kier alpha value is -1.31. The van der Waals surface area contributed by atoms with Gasteiger partial charge in [-0.3, -0.25) is 0 Å². The van der Waals surface area contributed by atoms with Crippen LogP contribution in [-0.4, -0.2) is 13.6 Å². The van der Waals surface area contributed by atoms with Crippen LogP contribution in [0.1, 0.15) is 30.4 Å². The highest BCUT2D eigenvalue weighted by molar-refractivity contribution is 5.72. The zero-order valence-electron chi connectivity index (χ0n) is 9.26. The summed E-state index contributed by atoms with van der Waals surface area (Å²) >= 11 is 0. The molecule has 0 fully saturated rings. The zero-order valence-corrected chi connectivity index (χ0v) is 9.26. The third kappa shape index (κ3) is 1.54. The van der Waals surface area contributed by atoms with E-state index in [0.717, 1.165) is 18.7 Å². The minimum absolute atomic E-state index is 0.176. The number of nitrogens with zero attached hydrogens (tertiary/aromatic N) is 1. The average molecular weight is 205 g/mol. The largest absolute Gasteiger partial charge is 0.374 e. The molecule has 0 spiro atoms. The standard InChI is InChI=1S/C13H16FN/c1-4-10-12(14)6-5-11-9(2)7-8-15(3)13(10)11/h4-6,9H,1,7-8H2,2-3H3. The van der Waals surface area contributed by atoms with Crippen LogP contribution in [0.5, 0.6) is 0 Å². The van der Waals surface area contributed by atoms with Gasteiger partial charge in [-0.05, 0) is 24.0 Å². The summed E-state index contributed by atoms with van der Waals surface area (Å²) in [5.41, 5.74) is 2.89. The third-order valence-electron chi connectivity index (χ3n) is 3.21. The van der Waals surface area contributed by atoms with Crippen molar-refractivity contribution in [2.45, 2.75) is 19.3 Å². The maximum atomic E-state index is 13.6. The summed E-state index contributed by atoms with van der Waals surface area (Å²) in [5, 5.41) is 0. The topological polar surface area (TPSA) is 3.24 Å². The number of hydrogen-bond donors (Lipinski definition) is 0. The van der Waals surface area contributed by atoms with Gasteiger partial charge in [0.05, 0.1) is 5.69 Å². The first-order valence-electron chi connectivity index (χ1n) is 5.31. The minimum atomic E-state index is -0.176. The molecule has 1 aromatic carbocycles. The van der Waals surface area contributed by atoms with Gasteiger partial charge in [-0.2, -0.15) is 0 Å². The molecule has 15 heavy (non-hydrogen) atoms. The van der Waals surface area contributed by atoms with E-state index < -0.39 is 0 Å². The van der Waals surface area contributed by atoms with Crippen molar-refractivity contribution >= 4 is 11.8 Å². The zero-order chi connectivity index (χ0) is 11.0. The second-order valence-corrected chi connectivity index (χ2v) is 4.21. The van der Waals surface area contributed by atoms with Crippen LogP contribution in [0.15, 0.2) is 18.7 Å². The van der Waals surface area contributed by atoms with Crippen LogP contribution in [0.25, 0.3) is 6.08 Å². The summed E-state index contributed by atoms with van der Waals surface area (Å²) in [7, 11) is 2.01. The molecule has 1 heterocycles. The Balaban J connectivity index is 2.66. The summed E-state index contributed by atoms with van der Waals surface area (Å²) < 4.78 is 13.6. The van der Waals surface area contributed by atoms with Crippen molar-refractivity contribution < 1.29 is 4.39 Å². The van der Waals surface area contributed by atoms with Crippen LogP contribution in [0.2, 0.25) is 0 Å². The number of rotatable bonds is 1. The summed E-state index contributed by atoms with van der Waals surface area (Å²) in [5.74, 6) is 0.334. The number of halogens is 1. The first-order valence-corrected chi connectivity index (χ1v) is 5.31. The van der Waals surface area contributed by atoms with Crippen LogP contribution in [-0.2, 0) is 0 Å². The fraction of sp³-hybridized carbons (Fsp3) is 0.385. The molecule has 2 heteroatoms. The molecule has 1 aliphatic heterocycles. The van der Waals surface area contributed by atoms with Crippen molar-refractivity contribution in [2.24, 2.45) is 0 Å². The van der Waals surface area contributed by atoms with Crippen LogP contribution in [0.3, 0.4) is 0 Å². The van der Waals surface area contributed by atoms with Crippen LogP contribution in [0.4, 0.5) is 10.1 Å². The lowest BCUT2D eigenvalue weighted by Crippen LogP contribution is -2.27. The molecule has 0 radical (unpaired) electrons. The molecule has 0 aromatic heterocycles. The van der Waals surface area contributed by atoms with Gasteiger partial charge in [-0.1, -0.05) is 25.6 Å². The molecule has 0 amide bonds. The number of anilines is 1. The second-order valence-electron chi connectivity index (χ2n) is 4.21. The van der Waals surface area contributed by atoms with E-state index in [1.54, 1.807) is 12.1 Å². The first-order chi connectivity index (χ1) is 7.15. The van der Waals surface area contributed by atoms with Gasteiger partial charge in [0.1, 0.15) is 5.82 Å². The fourth-order valence-corrected chi connectivity index (χ4v) is 2.27. The van der Waals surface area contributed by atoms with Gasteiger partial charge in [0.15, 0.2) is 0 Å². The lowest BCUT2D eigenvalue weighted by atomic mass is 9.89. The van der Waals surface area contributed by atoms with Gasteiger partial charge in [0.2, 0.25) is 0 Å². The smallest absolute Gasteiger partial charge is 0.132 e. The fourth-order valence-electron chi connectivity index (χ4n) is 2.27. The monoisotopic (exact) mass is 205 g/mol. The summed E-state index contributed by atoms with van der Waals surface area (Å²) in [6.45, 7) is 6.87. The Bertz CT molecular complexity index is 398. The van der Waals surface area contributed by atoms with Gasteiger partial charge in [-0.25, -0.2) is 4.39 Å². The van der Waals surface area contributed by atoms with Gasteiger partial charge in [-0.15, -0.1) is 0 Å². The van der Waals surface area contributed by atoms with Gasteiger partial charge >= 0.3 is 0 Å². The summed E-state index contributed by atoms with van der Waals surface area (Å²) in [6, 6.07) is 3.45. The van der Waals surface area contributed by atoms with E-state index in [4.69, 9.17) is 0 Å². The Kier molecular flexibility index (Phi) is 2.51. The lowest BCUT2D eigenvalue weighted by Gasteiger charge is -2.33. The Morgan fingerprint density at radius 1 is 1.53 bits per heavy atom. The molecule has 1 atom stereocenters. The maximum Gasteiger partial charge on any atom is 0.132 e. The lowest BCUT2D eigenvalue weighted by molar-refractivity contribution is 0.605. The van der Waals surface area contributed by atoms with Crippen molar-refractivity contribution in [1.82, 2.24) is 0 Å². The molecule has 1 nitrogen and oxygen atoms in total. The Morgan fingerprint density at radius 3 is 2.93 bits per heavy atom. The van der Waals surface area contributed by atoms with E-state index in [0.29, 0.717) is 11.5 Å². The summed E-state index contributed by atoms with van der Waals surface area (Å²) in [6.07, 6.45) is 2.74. The third-order valence-corrected chi connectivity index (χ3v) is 3.21. The van der Waals surface area contributed by atoms with E-state index in [2.05, 4.69) is 18.4 Å². The van der Waals surface area contributed by atoms with Crippen molar-refractivity contribution in [3.63, 3.8) is 0 Å². The summed E-state index contributed by atoms with van der Waals surface area (Å²) in [4.78, 5) is 2.12. The number of fused-ring (bicyclic) bond motifs is 1. The molecule has 0 N–H and O–H groups in total. The van der Waals surface area contributed by atoms with Gasteiger partial charge in [0.25, 0.3) is 0 Å².